The summed E-state index contributed by atoms with van der Waals surface area (Å²) in [6.07, 6.45) is 0. The number of aliphatic hydroxyl groups is 1. The van der Waals surface area contributed by atoms with Gasteiger partial charge in [0.15, 0.2) is 0 Å². The van der Waals surface area contributed by atoms with Crippen LogP contribution >= 0.6 is 0 Å². The maximum Gasteiger partial charge on any atom is 0.257 e. The minimum atomic E-state index is -0.0368. The number of likely N-dealkylation sites (tertiary alicyclic amines) is 1. The van der Waals surface area contributed by atoms with Crippen LogP contribution in [0.1, 0.15) is 10.4 Å². The van der Waals surface area contributed by atoms with Crippen molar-refractivity contribution in [2.45, 2.75) is 6.04 Å². The Kier molecular flexibility index (Phi) is 4.62. The Labute approximate surface area is 119 Å². The first kappa shape index (κ1) is 14.8. The smallest absolute Gasteiger partial charge is 0.257 e. The molecule has 1 aliphatic heterocycles. The van der Waals surface area contributed by atoms with Crippen LogP contribution in [0.4, 0.5) is 0 Å². The van der Waals surface area contributed by atoms with Crippen molar-refractivity contribution in [3.05, 3.63) is 29.8 Å². The molecular formula is C15H22N2O3. The number of rotatable bonds is 4. The average molecular weight is 278 g/mol. The van der Waals surface area contributed by atoms with Gasteiger partial charge in [-0.15, -0.1) is 0 Å². The van der Waals surface area contributed by atoms with E-state index in [9.17, 15) is 9.90 Å². The summed E-state index contributed by atoms with van der Waals surface area (Å²) in [6.45, 7) is 1.31. The molecule has 20 heavy (non-hydrogen) atoms. The standard InChI is InChI=1S/C15H22N2O3/c1-16(2)13-9-17(8-11(13)10-18)15(19)12-6-4-5-7-14(12)20-3/h4-7,11,13,18H,8-10H2,1-3H3/t11-,13+/m0/s1. The van der Waals surface area contributed by atoms with Crippen molar-refractivity contribution in [3.63, 3.8) is 0 Å². The highest BCUT2D eigenvalue weighted by Gasteiger charge is 2.36. The molecule has 1 heterocycles. The molecular weight excluding hydrogens is 256 g/mol. The molecule has 0 unspecified atom stereocenters. The molecule has 1 aromatic rings. The monoisotopic (exact) mass is 278 g/mol. The highest BCUT2D eigenvalue weighted by atomic mass is 16.5. The molecule has 1 N–H and O–H groups in total. The van der Waals surface area contributed by atoms with E-state index in [4.69, 9.17) is 4.74 Å². The van der Waals surface area contributed by atoms with E-state index in [-0.39, 0.29) is 24.5 Å². The molecule has 0 aliphatic carbocycles. The van der Waals surface area contributed by atoms with Gasteiger partial charge >= 0.3 is 0 Å². The van der Waals surface area contributed by atoms with Crippen molar-refractivity contribution in [2.24, 2.45) is 5.92 Å². The highest BCUT2D eigenvalue weighted by Crippen LogP contribution is 2.25. The van der Waals surface area contributed by atoms with E-state index in [1.807, 2.05) is 26.2 Å². The van der Waals surface area contributed by atoms with Crippen LogP contribution < -0.4 is 4.74 Å². The van der Waals surface area contributed by atoms with Crippen molar-refractivity contribution in [2.75, 3.05) is 40.9 Å². The number of ether oxygens (including phenoxy) is 1. The molecule has 5 heteroatoms. The predicted molar refractivity (Wildman–Crippen MR) is 76.9 cm³/mol. The fourth-order valence-electron chi connectivity index (χ4n) is 2.78. The van der Waals surface area contributed by atoms with Crippen LogP contribution in [0.5, 0.6) is 5.75 Å². The van der Waals surface area contributed by atoms with E-state index in [2.05, 4.69) is 4.90 Å². The molecule has 110 valence electrons. The third-order valence-corrected chi connectivity index (χ3v) is 3.93. The van der Waals surface area contributed by atoms with Crippen molar-refractivity contribution in [1.29, 1.82) is 0 Å². The number of aliphatic hydroxyl groups excluding tert-OH is 1. The first-order chi connectivity index (χ1) is 9.58. The van der Waals surface area contributed by atoms with E-state index >= 15 is 0 Å². The Hall–Kier alpha value is -1.59. The van der Waals surface area contributed by atoms with Crippen LogP contribution in [0.15, 0.2) is 24.3 Å². The molecule has 5 nitrogen and oxygen atoms in total. The van der Waals surface area contributed by atoms with Crippen LogP contribution in [-0.4, -0.2) is 67.8 Å². The van der Waals surface area contributed by atoms with Crippen LogP contribution in [0.3, 0.4) is 0 Å². The Morgan fingerprint density at radius 3 is 2.65 bits per heavy atom. The number of likely N-dealkylation sites (N-methyl/N-ethyl adjacent to an activating group) is 1. The van der Waals surface area contributed by atoms with Gasteiger partial charge in [0.25, 0.3) is 5.91 Å². The predicted octanol–water partition coefficient (Wildman–Crippen LogP) is 0.690. The molecule has 1 amide bonds. The van der Waals surface area contributed by atoms with Gasteiger partial charge in [0.1, 0.15) is 5.75 Å². The van der Waals surface area contributed by atoms with Gasteiger partial charge in [-0.1, -0.05) is 12.1 Å². The number of para-hydroxylation sites is 1. The third kappa shape index (κ3) is 2.78. The topological polar surface area (TPSA) is 53.0 Å². The maximum atomic E-state index is 12.6. The lowest BCUT2D eigenvalue weighted by atomic mass is 10.0. The summed E-state index contributed by atoms with van der Waals surface area (Å²) in [6, 6.07) is 7.44. The lowest BCUT2D eigenvalue weighted by Crippen LogP contribution is -2.37. The zero-order chi connectivity index (χ0) is 14.7. The third-order valence-electron chi connectivity index (χ3n) is 3.93. The minimum absolute atomic E-state index is 0.0368. The van der Waals surface area contributed by atoms with E-state index in [1.54, 1.807) is 24.1 Å². The fraction of sp³-hybridized carbons (Fsp3) is 0.533. The number of nitrogens with zero attached hydrogens (tertiary/aromatic N) is 2. The van der Waals surface area contributed by atoms with Gasteiger partial charge in [0.2, 0.25) is 0 Å². The molecule has 1 fully saturated rings. The number of amides is 1. The van der Waals surface area contributed by atoms with E-state index in [0.717, 1.165) is 0 Å². The molecule has 0 saturated carbocycles. The first-order valence-electron chi connectivity index (χ1n) is 6.78. The summed E-state index contributed by atoms with van der Waals surface area (Å²) in [7, 11) is 5.52. The summed E-state index contributed by atoms with van der Waals surface area (Å²) in [5, 5.41) is 9.47. The van der Waals surface area contributed by atoms with Crippen molar-refractivity contribution >= 4 is 5.91 Å². The number of carbonyl (C=O) groups excluding carboxylic acids is 1. The second-order valence-corrected chi connectivity index (χ2v) is 5.38. The van der Waals surface area contributed by atoms with Gasteiger partial charge in [0.05, 0.1) is 12.7 Å². The van der Waals surface area contributed by atoms with Gasteiger partial charge in [-0.25, -0.2) is 0 Å². The average Bonchev–Trinajstić information content (AvgIpc) is 2.91. The molecule has 2 rings (SSSR count). The second kappa shape index (κ2) is 6.24. The highest BCUT2D eigenvalue weighted by molar-refractivity contribution is 5.97. The molecule has 0 spiro atoms. The number of methoxy groups -OCH3 is 1. The van der Waals surface area contributed by atoms with Gasteiger partial charge in [0, 0.05) is 31.7 Å². The zero-order valence-corrected chi connectivity index (χ0v) is 12.2. The summed E-state index contributed by atoms with van der Waals surface area (Å²) in [5.41, 5.74) is 0.575. The molecule has 0 bridgehead atoms. The van der Waals surface area contributed by atoms with E-state index in [1.165, 1.54) is 0 Å². The quantitative estimate of drug-likeness (QED) is 0.880. The van der Waals surface area contributed by atoms with Gasteiger partial charge in [-0.05, 0) is 26.2 Å². The number of carbonyl (C=O) groups is 1. The Morgan fingerprint density at radius 1 is 1.40 bits per heavy atom. The second-order valence-electron chi connectivity index (χ2n) is 5.38. The van der Waals surface area contributed by atoms with E-state index < -0.39 is 0 Å². The summed E-state index contributed by atoms with van der Waals surface area (Å²) < 4.78 is 5.25. The lowest BCUT2D eigenvalue weighted by Gasteiger charge is -2.23. The Bertz CT molecular complexity index is 476. The van der Waals surface area contributed by atoms with E-state index in [0.29, 0.717) is 24.4 Å². The summed E-state index contributed by atoms with van der Waals surface area (Å²) in [4.78, 5) is 16.5. The fourth-order valence-corrected chi connectivity index (χ4v) is 2.78. The summed E-state index contributed by atoms with van der Waals surface area (Å²) in [5.74, 6) is 0.653. The number of benzene rings is 1. The van der Waals surface area contributed by atoms with Crippen LogP contribution in [0.2, 0.25) is 0 Å². The van der Waals surface area contributed by atoms with Crippen molar-refractivity contribution < 1.29 is 14.6 Å². The van der Waals surface area contributed by atoms with Crippen LogP contribution in [-0.2, 0) is 0 Å². The van der Waals surface area contributed by atoms with Crippen LogP contribution in [0.25, 0.3) is 0 Å². The molecule has 2 atom stereocenters. The normalized spacial score (nSPS) is 22.4. The van der Waals surface area contributed by atoms with Gasteiger partial charge < -0.3 is 19.6 Å². The first-order valence-corrected chi connectivity index (χ1v) is 6.78. The molecule has 1 aliphatic rings. The van der Waals surface area contributed by atoms with Crippen molar-refractivity contribution in [1.82, 2.24) is 9.80 Å². The molecule has 1 aromatic carbocycles. The molecule has 1 saturated heterocycles. The van der Waals surface area contributed by atoms with Gasteiger partial charge in [-0.2, -0.15) is 0 Å². The molecule has 0 aromatic heterocycles. The molecule has 0 radical (unpaired) electrons. The SMILES string of the molecule is COc1ccccc1C(=O)N1C[C@@H](CO)[C@H](N(C)C)C1. The zero-order valence-electron chi connectivity index (χ0n) is 12.2. The Morgan fingerprint density at radius 2 is 2.10 bits per heavy atom. The maximum absolute atomic E-state index is 12.6. The Balaban J connectivity index is 2.18. The minimum Gasteiger partial charge on any atom is -0.496 e. The van der Waals surface area contributed by atoms with Crippen molar-refractivity contribution in [3.8, 4) is 5.75 Å². The number of hydrogen-bond acceptors (Lipinski definition) is 4. The number of hydrogen-bond donors (Lipinski definition) is 1. The van der Waals surface area contributed by atoms with Crippen LogP contribution in [0, 0.1) is 5.92 Å². The van der Waals surface area contributed by atoms with Gasteiger partial charge in [-0.3, -0.25) is 4.79 Å². The lowest BCUT2D eigenvalue weighted by molar-refractivity contribution is 0.0775. The summed E-state index contributed by atoms with van der Waals surface area (Å²) >= 11 is 0. The largest absolute Gasteiger partial charge is 0.496 e.